The first kappa shape index (κ1) is 28.4. The summed E-state index contributed by atoms with van der Waals surface area (Å²) >= 11 is 5.97. The second-order valence-corrected chi connectivity index (χ2v) is 8.03. The van der Waals surface area contributed by atoms with Crippen LogP contribution >= 0.6 is 11.6 Å². The van der Waals surface area contributed by atoms with E-state index in [1.54, 1.807) is 0 Å². The maximum absolute atomic E-state index is 13.2. The minimum Gasteiger partial charge on any atom is -0.395 e. The van der Waals surface area contributed by atoms with E-state index in [1.807, 2.05) is 0 Å². The van der Waals surface area contributed by atoms with Crippen molar-refractivity contribution in [1.82, 2.24) is 15.3 Å². The number of alkyl halides is 6. The lowest BCUT2D eigenvalue weighted by molar-refractivity contribution is -0.141. The zero-order valence-electron chi connectivity index (χ0n) is 19.4. The first-order chi connectivity index (χ1) is 17.6. The number of nitrogens with two attached hydrogens (primary N) is 1. The summed E-state index contributed by atoms with van der Waals surface area (Å²) in [6.07, 6.45) is -8.28. The Labute approximate surface area is 215 Å². The molecule has 15 heteroatoms. The fraction of sp³-hybridized carbons (Fsp3) is 0.174. The largest absolute Gasteiger partial charge is 0.433 e. The molecule has 2 amide bonds. The Kier molecular flexibility index (Phi) is 7.95. The molecule has 2 aromatic heterocycles. The average molecular weight is 559 g/mol. The third kappa shape index (κ3) is 6.19. The molecular formula is C23H17ClF6N6O2. The number of halogens is 7. The summed E-state index contributed by atoms with van der Waals surface area (Å²) in [6, 6.07) is 5.57. The Bertz CT molecular complexity index is 1480. The van der Waals surface area contributed by atoms with Crippen LogP contribution in [0.2, 0.25) is 5.02 Å². The molecular weight excluding hydrogens is 542 g/mol. The van der Waals surface area contributed by atoms with Gasteiger partial charge < -0.3 is 16.4 Å². The number of nitrogens with zero attached hydrogens (tertiary/aromatic N) is 3. The van der Waals surface area contributed by atoms with Crippen molar-refractivity contribution >= 4 is 51.5 Å². The normalized spacial score (nSPS) is 13.0. The minimum absolute atomic E-state index is 0.0868. The molecule has 4 N–H and O–H groups in total. The number of hydrogen-bond donors (Lipinski definition) is 3. The van der Waals surface area contributed by atoms with E-state index in [1.165, 1.54) is 32.3 Å². The molecule has 0 aliphatic carbocycles. The molecule has 0 atom stereocenters. The molecule has 0 saturated heterocycles. The molecule has 0 fully saturated rings. The minimum atomic E-state index is -5.01. The van der Waals surface area contributed by atoms with Crippen LogP contribution in [0, 0.1) is 6.92 Å². The second kappa shape index (κ2) is 10.7. The molecule has 0 saturated carbocycles. The second-order valence-electron chi connectivity index (χ2n) is 7.62. The van der Waals surface area contributed by atoms with Gasteiger partial charge in [-0.1, -0.05) is 17.7 Å². The quantitative estimate of drug-likeness (QED) is 0.297. The van der Waals surface area contributed by atoms with E-state index in [-0.39, 0.29) is 44.6 Å². The summed E-state index contributed by atoms with van der Waals surface area (Å²) in [7, 11) is 1.23. The Morgan fingerprint density at radius 2 is 1.82 bits per heavy atom. The molecule has 8 nitrogen and oxygen atoms in total. The van der Waals surface area contributed by atoms with Crippen molar-refractivity contribution in [2.75, 3.05) is 12.4 Å². The molecule has 200 valence electrons. The van der Waals surface area contributed by atoms with Crippen molar-refractivity contribution in [3.63, 3.8) is 0 Å². The molecule has 0 aliphatic heterocycles. The third-order valence-electron chi connectivity index (χ3n) is 5.07. The van der Waals surface area contributed by atoms with E-state index in [2.05, 4.69) is 25.6 Å². The van der Waals surface area contributed by atoms with Crippen LogP contribution in [0.4, 0.5) is 37.8 Å². The number of anilines is 1. The predicted octanol–water partition coefficient (Wildman–Crippen LogP) is 5.09. The number of fused-ring (bicyclic) bond motifs is 1. The van der Waals surface area contributed by atoms with Crippen LogP contribution < -0.4 is 16.4 Å². The molecule has 0 radical (unpaired) electrons. The lowest BCUT2D eigenvalue weighted by Gasteiger charge is -2.17. The number of aliphatic imine (C=N–C) groups is 1. The summed E-state index contributed by atoms with van der Waals surface area (Å²) in [4.78, 5) is 36.9. The van der Waals surface area contributed by atoms with Crippen LogP contribution in [0.5, 0.6) is 0 Å². The van der Waals surface area contributed by atoms with Crippen LogP contribution in [-0.4, -0.2) is 40.7 Å². The van der Waals surface area contributed by atoms with E-state index < -0.39 is 41.3 Å². The van der Waals surface area contributed by atoms with Gasteiger partial charge in [0.2, 0.25) is 0 Å². The van der Waals surface area contributed by atoms with Crippen molar-refractivity contribution in [2.45, 2.75) is 19.3 Å². The molecule has 0 bridgehead atoms. The van der Waals surface area contributed by atoms with Crippen LogP contribution in [0.15, 0.2) is 53.3 Å². The van der Waals surface area contributed by atoms with Gasteiger partial charge >= 0.3 is 12.4 Å². The van der Waals surface area contributed by atoms with E-state index in [4.69, 9.17) is 17.3 Å². The highest BCUT2D eigenvalue weighted by atomic mass is 35.5. The molecule has 0 unspecified atom stereocenters. The van der Waals surface area contributed by atoms with E-state index >= 15 is 0 Å². The summed E-state index contributed by atoms with van der Waals surface area (Å²) in [5.74, 6) is -2.36. The summed E-state index contributed by atoms with van der Waals surface area (Å²) in [5, 5.41) is 4.64. The monoisotopic (exact) mass is 558 g/mol. The molecule has 0 aliphatic rings. The summed E-state index contributed by atoms with van der Waals surface area (Å²) < 4.78 is 78.8. The van der Waals surface area contributed by atoms with Gasteiger partial charge in [0.25, 0.3) is 11.8 Å². The smallest absolute Gasteiger partial charge is 0.395 e. The molecule has 3 aromatic rings. The van der Waals surface area contributed by atoms with Crippen LogP contribution in [0.25, 0.3) is 10.9 Å². The Hall–Kier alpha value is -4.20. The summed E-state index contributed by atoms with van der Waals surface area (Å²) in [5.41, 5.74) is 0.740. The third-order valence-corrected chi connectivity index (χ3v) is 5.37. The number of amides is 2. The number of rotatable bonds is 5. The first-order valence-electron chi connectivity index (χ1n) is 10.4. The van der Waals surface area contributed by atoms with Crippen LogP contribution in [0.1, 0.15) is 21.6 Å². The highest BCUT2D eigenvalue weighted by Gasteiger charge is 2.34. The topological polar surface area (TPSA) is 122 Å². The van der Waals surface area contributed by atoms with Gasteiger partial charge in [-0.25, -0.2) is 15.0 Å². The van der Waals surface area contributed by atoms with E-state index in [9.17, 15) is 35.9 Å². The standard InChI is InChI=1S/C23H17ClF6N6O2/c1-10-11-5-6-17(23(28,29)30)34-14(11)8-12(20(37)32-2)18(10)36-21(38)15(9-16(31)22(25,26)27)35-19-13(24)4-3-7-33-19/h3-9H,31H2,1-2H3,(H,32,37)(H,36,38). The van der Waals surface area contributed by atoms with Crippen molar-refractivity contribution in [3.05, 3.63) is 70.1 Å². The lowest BCUT2D eigenvalue weighted by Crippen LogP contribution is -2.28. The molecule has 0 spiro atoms. The van der Waals surface area contributed by atoms with E-state index in [0.29, 0.717) is 6.07 Å². The van der Waals surface area contributed by atoms with Crippen molar-refractivity contribution in [3.8, 4) is 0 Å². The highest BCUT2D eigenvalue weighted by molar-refractivity contribution is 6.48. The first-order valence-corrected chi connectivity index (χ1v) is 10.8. The highest BCUT2D eigenvalue weighted by Crippen LogP contribution is 2.34. The number of aromatic nitrogens is 2. The van der Waals surface area contributed by atoms with Crippen molar-refractivity contribution < 1.29 is 35.9 Å². The van der Waals surface area contributed by atoms with Gasteiger partial charge in [0, 0.05) is 18.6 Å². The van der Waals surface area contributed by atoms with E-state index in [0.717, 1.165) is 12.1 Å². The van der Waals surface area contributed by atoms with Crippen LogP contribution in [0.3, 0.4) is 0 Å². The van der Waals surface area contributed by atoms with Gasteiger partial charge in [0.15, 0.2) is 5.82 Å². The SMILES string of the molecule is CNC(=O)c1cc2nc(C(F)(F)F)ccc2c(C)c1NC(=O)C(C=C(N)C(F)(F)F)=Nc1ncccc1Cl. The Morgan fingerprint density at radius 1 is 1.13 bits per heavy atom. The summed E-state index contributed by atoms with van der Waals surface area (Å²) in [6.45, 7) is 1.38. The predicted molar refractivity (Wildman–Crippen MR) is 128 cm³/mol. The van der Waals surface area contributed by atoms with Gasteiger partial charge in [0.05, 0.1) is 21.8 Å². The fourth-order valence-corrected chi connectivity index (χ4v) is 3.37. The maximum atomic E-state index is 13.2. The fourth-order valence-electron chi connectivity index (χ4n) is 3.21. The van der Waals surface area contributed by atoms with Gasteiger partial charge in [0.1, 0.15) is 17.1 Å². The van der Waals surface area contributed by atoms with Crippen molar-refractivity contribution in [1.29, 1.82) is 0 Å². The Morgan fingerprint density at radius 3 is 2.39 bits per heavy atom. The van der Waals surface area contributed by atoms with Gasteiger partial charge in [-0.05, 0) is 42.8 Å². The number of allylic oxidation sites excluding steroid dienone is 1. The lowest BCUT2D eigenvalue weighted by atomic mass is 10.0. The zero-order chi connectivity index (χ0) is 28.4. The van der Waals surface area contributed by atoms with Crippen molar-refractivity contribution in [2.24, 2.45) is 10.7 Å². The molecule has 3 rings (SSSR count). The number of carbonyl (C=O) groups excluding carboxylic acids is 2. The van der Waals surface area contributed by atoms with Crippen LogP contribution in [-0.2, 0) is 11.0 Å². The maximum Gasteiger partial charge on any atom is 0.433 e. The van der Waals surface area contributed by atoms with Gasteiger partial charge in [-0.3, -0.25) is 9.59 Å². The van der Waals surface area contributed by atoms with Gasteiger partial charge in [-0.15, -0.1) is 0 Å². The number of pyridine rings is 2. The number of benzene rings is 1. The molecule has 2 heterocycles. The Balaban J connectivity index is 2.19. The molecule has 38 heavy (non-hydrogen) atoms. The zero-order valence-corrected chi connectivity index (χ0v) is 20.2. The molecule has 1 aromatic carbocycles. The number of carbonyl (C=O) groups is 2. The number of hydrogen-bond acceptors (Lipinski definition) is 6. The number of nitrogens with one attached hydrogen (secondary N) is 2. The number of aryl methyl sites for hydroxylation is 1. The van der Waals surface area contributed by atoms with Gasteiger partial charge in [-0.2, -0.15) is 26.3 Å². The average Bonchev–Trinajstić information content (AvgIpc) is 2.84.